The molecule has 1 heterocycles. The Balaban J connectivity index is 1.78. The molecule has 11 heteroatoms. The zero-order chi connectivity index (χ0) is 24.6. The zero-order valence-electron chi connectivity index (χ0n) is 19.0. The Bertz CT molecular complexity index is 1220. The lowest BCUT2D eigenvalue weighted by Crippen LogP contribution is -2.48. The van der Waals surface area contributed by atoms with Gasteiger partial charge in [0.15, 0.2) is 0 Å². The van der Waals surface area contributed by atoms with Gasteiger partial charge in [-0.3, -0.25) is 4.79 Å². The van der Waals surface area contributed by atoms with Gasteiger partial charge in [0, 0.05) is 25.7 Å². The predicted molar refractivity (Wildman–Crippen MR) is 124 cm³/mol. The van der Waals surface area contributed by atoms with Crippen LogP contribution >= 0.6 is 0 Å². The van der Waals surface area contributed by atoms with Crippen LogP contribution in [-0.4, -0.2) is 64.3 Å². The van der Waals surface area contributed by atoms with Crippen LogP contribution in [0.3, 0.4) is 0 Å². The molecule has 1 amide bonds. The van der Waals surface area contributed by atoms with Crippen molar-refractivity contribution >= 4 is 26.0 Å². The van der Waals surface area contributed by atoms with Crippen molar-refractivity contribution in [1.82, 2.24) is 9.21 Å². The van der Waals surface area contributed by atoms with Crippen LogP contribution in [0, 0.1) is 0 Å². The molecular formula is C22H29N3O6S2. The summed E-state index contributed by atoms with van der Waals surface area (Å²) in [6, 6.07) is 11.5. The summed E-state index contributed by atoms with van der Waals surface area (Å²) < 4.78 is 56.3. The summed E-state index contributed by atoms with van der Waals surface area (Å²) in [5, 5.41) is 5.20. The summed E-state index contributed by atoms with van der Waals surface area (Å²) in [5.41, 5.74) is 0.918. The third-order valence-corrected chi connectivity index (χ3v) is 8.45. The molecule has 0 radical (unpaired) electrons. The Morgan fingerprint density at radius 1 is 1.03 bits per heavy atom. The minimum absolute atomic E-state index is 0.0333. The van der Waals surface area contributed by atoms with Crippen LogP contribution < -0.4 is 5.14 Å². The van der Waals surface area contributed by atoms with Gasteiger partial charge in [-0.15, -0.1) is 0 Å². The van der Waals surface area contributed by atoms with E-state index in [1.165, 1.54) is 45.6 Å². The molecule has 3 atom stereocenters. The molecule has 2 aromatic rings. The van der Waals surface area contributed by atoms with Gasteiger partial charge in [0.1, 0.15) is 0 Å². The molecule has 1 aliphatic heterocycles. The Morgan fingerprint density at radius 3 is 2.15 bits per heavy atom. The minimum atomic E-state index is -3.86. The largest absolute Gasteiger partial charge is 0.373 e. The number of benzene rings is 2. The Kier molecular flexibility index (Phi) is 7.30. The van der Waals surface area contributed by atoms with Crippen molar-refractivity contribution in [2.45, 2.75) is 48.8 Å². The van der Waals surface area contributed by atoms with Crippen LogP contribution in [0.1, 0.15) is 42.7 Å². The molecule has 1 aliphatic rings. The van der Waals surface area contributed by atoms with Gasteiger partial charge in [-0.25, -0.2) is 22.0 Å². The van der Waals surface area contributed by atoms with E-state index in [4.69, 9.17) is 9.88 Å². The van der Waals surface area contributed by atoms with Crippen molar-refractivity contribution in [2.24, 2.45) is 5.14 Å². The molecule has 3 unspecified atom stereocenters. The number of ether oxygens (including phenoxy) is 1. The monoisotopic (exact) mass is 495 g/mol. The summed E-state index contributed by atoms with van der Waals surface area (Å²) in [6.07, 6.45) is -0.403. The Morgan fingerprint density at radius 2 is 1.61 bits per heavy atom. The van der Waals surface area contributed by atoms with Crippen molar-refractivity contribution in [3.8, 4) is 0 Å². The number of primary sulfonamides is 1. The third kappa shape index (κ3) is 5.61. The smallest absolute Gasteiger partial charge is 0.254 e. The number of rotatable bonds is 6. The number of amides is 1. The highest BCUT2D eigenvalue weighted by molar-refractivity contribution is 7.89. The first-order chi connectivity index (χ1) is 15.3. The van der Waals surface area contributed by atoms with E-state index < -0.39 is 26.1 Å². The standard InChI is InChI=1S/C22H29N3O6S2/c1-15-13-25(14-16(2)31-15)33(29,30)20-10-8-18(9-11-20)22(26)24(4)17(3)19-6-5-7-21(12-19)32(23,27)28/h5-12,15-17H,13-14H2,1-4H3,(H2,23,27,28). The molecule has 0 aromatic heterocycles. The van der Waals surface area contributed by atoms with Crippen molar-refractivity contribution in [1.29, 1.82) is 0 Å². The number of carbonyl (C=O) groups excluding carboxylic acids is 1. The molecule has 1 fully saturated rings. The summed E-state index contributed by atoms with van der Waals surface area (Å²) in [6.45, 7) is 5.96. The Hall–Kier alpha value is -2.31. The second kappa shape index (κ2) is 9.51. The number of hydrogen-bond acceptors (Lipinski definition) is 6. The lowest BCUT2D eigenvalue weighted by Gasteiger charge is -2.34. The number of carbonyl (C=O) groups is 1. The fraction of sp³-hybridized carbons (Fsp3) is 0.409. The maximum atomic E-state index is 13.0. The molecule has 1 saturated heterocycles. The van der Waals surface area contributed by atoms with Gasteiger partial charge >= 0.3 is 0 Å². The third-order valence-electron chi connectivity index (χ3n) is 5.70. The fourth-order valence-corrected chi connectivity index (χ4v) is 5.96. The second-order valence-corrected chi connectivity index (χ2v) is 11.8. The lowest BCUT2D eigenvalue weighted by atomic mass is 10.1. The highest BCUT2D eigenvalue weighted by Crippen LogP contribution is 2.25. The summed E-state index contributed by atoms with van der Waals surface area (Å²) in [5.74, 6) is -0.332. The highest BCUT2D eigenvalue weighted by atomic mass is 32.2. The van der Waals surface area contributed by atoms with Crippen LogP contribution in [0.4, 0.5) is 0 Å². The maximum Gasteiger partial charge on any atom is 0.254 e. The van der Waals surface area contributed by atoms with E-state index in [0.717, 1.165) is 0 Å². The van der Waals surface area contributed by atoms with Gasteiger partial charge in [-0.1, -0.05) is 12.1 Å². The average molecular weight is 496 g/mol. The number of nitrogens with two attached hydrogens (primary N) is 1. The van der Waals surface area contributed by atoms with E-state index in [-0.39, 0.29) is 41.0 Å². The quantitative estimate of drug-likeness (QED) is 0.653. The molecular weight excluding hydrogens is 466 g/mol. The van der Waals surface area contributed by atoms with E-state index >= 15 is 0 Å². The molecule has 2 aromatic carbocycles. The lowest BCUT2D eigenvalue weighted by molar-refractivity contribution is -0.0440. The van der Waals surface area contributed by atoms with Crippen molar-refractivity contribution < 1.29 is 26.4 Å². The van der Waals surface area contributed by atoms with Crippen molar-refractivity contribution in [3.05, 3.63) is 59.7 Å². The fourth-order valence-electron chi connectivity index (χ4n) is 3.80. The van der Waals surface area contributed by atoms with E-state index in [2.05, 4.69) is 0 Å². The van der Waals surface area contributed by atoms with Crippen LogP contribution in [0.25, 0.3) is 0 Å². The number of nitrogens with zero attached hydrogens (tertiary/aromatic N) is 2. The highest BCUT2D eigenvalue weighted by Gasteiger charge is 2.32. The van der Waals surface area contributed by atoms with Gasteiger partial charge in [0.25, 0.3) is 5.91 Å². The van der Waals surface area contributed by atoms with Gasteiger partial charge in [0.05, 0.1) is 28.0 Å². The van der Waals surface area contributed by atoms with Gasteiger partial charge in [0.2, 0.25) is 20.0 Å². The molecule has 33 heavy (non-hydrogen) atoms. The van der Waals surface area contributed by atoms with E-state index in [1.54, 1.807) is 26.1 Å². The second-order valence-electron chi connectivity index (χ2n) is 8.31. The summed E-state index contributed by atoms with van der Waals surface area (Å²) >= 11 is 0. The number of sulfonamides is 2. The molecule has 0 spiro atoms. The van der Waals surface area contributed by atoms with E-state index in [0.29, 0.717) is 11.1 Å². The van der Waals surface area contributed by atoms with Gasteiger partial charge in [-0.2, -0.15) is 4.31 Å². The number of morpholine rings is 1. The first-order valence-corrected chi connectivity index (χ1v) is 13.4. The zero-order valence-corrected chi connectivity index (χ0v) is 20.6. The van der Waals surface area contributed by atoms with Crippen LogP contribution in [0.2, 0.25) is 0 Å². The summed E-state index contributed by atoms with van der Waals surface area (Å²) in [7, 11) is -5.98. The summed E-state index contributed by atoms with van der Waals surface area (Å²) in [4.78, 5) is 14.5. The minimum Gasteiger partial charge on any atom is -0.373 e. The maximum absolute atomic E-state index is 13.0. The van der Waals surface area contributed by atoms with Gasteiger partial charge < -0.3 is 9.64 Å². The topological polar surface area (TPSA) is 127 Å². The van der Waals surface area contributed by atoms with Crippen LogP contribution in [0.15, 0.2) is 58.3 Å². The SMILES string of the molecule is CC1CN(S(=O)(=O)c2ccc(C(=O)N(C)C(C)c3cccc(S(N)(=O)=O)c3)cc2)CC(C)O1. The molecule has 180 valence electrons. The van der Waals surface area contributed by atoms with E-state index in [1.807, 2.05) is 13.8 Å². The first kappa shape index (κ1) is 25.3. The average Bonchev–Trinajstić information content (AvgIpc) is 2.76. The van der Waals surface area contributed by atoms with Gasteiger partial charge in [-0.05, 0) is 62.7 Å². The van der Waals surface area contributed by atoms with Crippen molar-refractivity contribution in [2.75, 3.05) is 20.1 Å². The number of hydrogen-bond donors (Lipinski definition) is 1. The molecule has 0 bridgehead atoms. The Labute approximate surface area is 195 Å². The first-order valence-electron chi connectivity index (χ1n) is 10.5. The van der Waals surface area contributed by atoms with Crippen molar-refractivity contribution in [3.63, 3.8) is 0 Å². The molecule has 9 nitrogen and oxygen atoms in total. The molecule has 3 rings (SSSR count). The molecule has 0 saturated carbocycles. The van der Waals surface area contributed by atoms with Crippen LogP contribution in [0.5, 0.6) is 0 Å². The normalized spacial score (nSPS) is 20.9. The predicted octanol–water partition coefficient (Wildman–Crippen LogP) is 1.97. The van der Waals surface area contributed by atoms with Crippen LogP contribution in [-0.2, 0) is 24.8 Å². The molecule has 0 aliphatic carbocycles. The van der Waals surface area contributed by atoms with E-state index in [9.17, 15) is 21.6 Å². The molecule has 2 N–H and O–H groups in total.